The molecule has 0 aromatic carbocycles. The van der Waals surface area contributed by atoms with Crippen LogP contribution in [0.2, 0.25) is 0 Å². The number of anilines is 1. The molecule has 0 unspecified atom stereocenters. The Morgan fingerprint density at radius 3 is 2.59 bits per heavy atom. The smallest absolute Gasteiger partial charge is 0.417 e. The maximum Gasteiger partial charge on any atom is 0.417 e. The van der Waals surface area contributed by atoms with Crippen molar-refractivity contribution in [1.29, 1.82) is 0 Å². The molecule has 7 nitrogen and oxygen atoms in total. The zero-order chi connectivity index (χ0) is 28.1. The lowest BCUT2D eigenvalue weighted by Gasteiger charge is -2.36. The Kier molecular flexibility index (Phi) is 6.68. The number of nitrogens with one attached hydrogen (secondary N) is 1. The Balaban J connectivity index is 1.34. The number of aromatic nitrogens is 3. The van der Waals surface area contributed by atoms with Crippen molar-refractivity contribution < 1.29 is 31.5 Å². The molecule has 2 aliphatic heterocycles. The first-order valence-electron chi connectivity index (χ1n) is 12.4. The molecule has 12 heteroatoms. The van der Waals surface area contributed by atoms with E-state index in [0.717, 1.165) is 11.8 Å². The Labute approximate surface area is 221 Å². The molecule has 1 fully saturated rings. The van der Waals surface area contributed by atoms with Crippen molar-refractivity contribution in [3.63, 3.8) is 0 Å². The maximum absolute atomic E-state index is 14.6. The molecule has 2 atom stereocenters. The van der Waals surface area contributed by atoms with Gasteiger partial charge in [-0.25, -0.2) is 18.7 Å². The standard InChI is InChI=1S/C27H26F5N5O2/c1-14(18-10-22(39-3)33-12-21(18)29)25(38)37-7-6-26(13-37)5-4-16-8-19(15(2)35-24(16)36-26)23-20(28)9-17(11-34-23)27(30,31)32/h8-12,14H,4-7,13H2,1-3H3,(H,35,36)/t14-,26+/m1/s1. The normalized spacial score (nSPS) is 19.5. The SMILES string of the molecule is COc1cc([C@@H](C)C(=O)N2CC[C@@]3(CCc4cc(-c5ncc(C(F)(F)F)cc5F)c(C)nc4N3)C2)c(F)cn1. The van der Waals surface area contributed by atoms with Gasteiger partial charge in [-0.05, 0) is 50.8 Å². The van der Waals surface area contributed by atoms with Gasteiger partial charge in [0.05, 0.1) is 30.3 Å². The average molecular weight is 548 g/mol. The second kappa shape index (κ2) is 9.73. The van der Waals surface area contributed by atoms with Gasteiger partial charge in [-0.3, -0.25) is 9.78 Å². The van der Waals surface area contributed by atoms with Crippen LogP contribution in [-0.4, -0.2) is 51.5 Å². The molecule has 5 rings (SSSR count). The minimum atomic E-state index is -4.69. The van der Waals surface area contributed by atoms with E-state index in [1.165, 1.54) is 13.2 Å². The third-order valence-corrected chi connectivity index (χ3v) is 7.54. The van der Waals surface area contributed by atoms with E-state index in [9.17, 15) is 26.7 Å². The molecular formula is C27H26F5N5O2. The number of hydrogen-bond donors (Lipinski definition) is 1. The van der Waals surface area contributed by atoms with Crippen molar-refractivity contribution >= 4 is 11.7 Å². The lowest BCUT2D eigenvalue weighted by molar-refractivity contribution is -0.138. The number of methoxy groups -OCH3 is 1. The summed E-state index contributed by atoms with van der Waals surface area (Å²) in [4.78, 5) is 27.2. The Hall–Kier alpha value is -3.83. The lowest BCUT2D eigenvalue weighted by Crippen LogP contribution is -2.46. The van der Waals surface area contributed by atoms with Crippen molar-refractivity contribution in [2.75, 3.05) is 25.5 Å². The molecular weight excluding hydrogens is 521 g/mol. The minimum Gasteiger partial charge on any atom is -0.481 e. The number of hydrogen-bond acceptors (Lipinski definition) is 6. The zero-order valence-electron chi connectivity index (χ0n) is 21.5. The van der Waals surface area contributed by atoms with E-state index in [0.29, 0.717) is 61.7 Å². The maximum atomic E-state index is 14.6. The number of likely N-dealkylation sites (tertiary alicyclic amines) is 1. The van der Waals surface area contributed by atoms with E-state index >= 15 is 0 Å². The van der Waals surface area contributed by atoms with Crippen LogP contribution in [-0.2, 0) is 17.4 Å². The summed E-state index contributed by atoms with van der Waals surface area (Å²) in [6.45, 7) is 4.17. The topological polar surface area (TPSA) is 80.2 Å². The summed E-state index contributed by atoms with van der Waals surface area (Å²) in [5, 5.41) is 3.46. The van der Waals surface area contributed by atoms with Crippen molar-refractivity contribution in [3.05, 3.63) is 64.6 Å². The fourth-order valence-corrected chi connectivity index (χ4v) is 5.32. The number of carbonyl (C=O) groups excluding carboxylic acids is 1. The summed E-state index contributed by atoms with van der Waals surface area (Å²) in [5.74, 6) is -1.79. The number of halogens is 5. The van der Waals surface area contributed by atoms with E-state index in [2.05, 4.69) is 20.3 Å². The van der Waals surface area contributed by atoms with Crippen LogP contribution in [0.3, 0.4) is 0 Å². The molecule has 5 heterocycles. The number of ether oxygens (including phenoxy) is 1. The number of fused-ring (bicyclic) bond motifs is 1. The van der Waals surface area contributed by atoms with Crippen LogP contribution < -0.4 is 10.1 Å². The first kappa shape index (κ1) is 26.8. The van der Waals surface area contributed by atoms with E-state index in [-0.39, 0.29) is 23.0 Å². The van der Waals surface area contributed by atoms with Crippen LogP contribution in [0, 0.1) is 18.6 Å². The second-order valence-electron chi connectivity index (χ2n) is 10.1. The molecule has 3 aromatic rings. The van der Waals surface area contributed by atoms with Gasteiger partial charge in [-0.15, -0.1) is 0 Å². The van der Waals surface area contributed by atoms with Gasteiger partial charge in [0.15, 0.2) is 0 Å². The highest BCUT2D eigenvalue weighted by Crippen LogP contribution is 2.40. The predicted molar refractivity (Wildman–Crippen MR) is 132 cm³/mol. The summed E-state index contributed by atoms with van der Waals surface area (Å²) in [5.41, 5.74) is -0.0553. The van der Waals surface area contributed by atoms with Crippen molar-refractivity contribution in [2.45, 2.75) is 50.7 Å². The van der Waals surface area contributed by atoms with Crippen molar-refractivity contribution in [3.8, 4) is 17.1 Å². The molecule has 1 spiro atoms. The number of rotatable bonds is 4. The fraction of sp³-hybridized carbons (Fsp3) is 0.407. The minimum absolute atomic E-state index is 0.192. The number of aryl methyl sites for hydroxylation is 2. The fourth-order valence-electron chi connectivity index (χ4n) is 5.32. The van der Waals surface area contributed by atoms with Gasteiger partial charge in [0, 0.05) is 42.2 Å². The van der Waals surface area contributed by atoms with Gasteiger partial charge in [-0.1, -0.05) is 0 Å². The highest BCUT2D eigenvalue weighted by atomic mass is 19.4. The number of carbonyl (C=O) groups is 1. The van der Waals surface area contributed by atoms with E-state index in [1.807, 2.05) is 0 Å². The quantitative estimate of drug-likeness (QED) is 0.448. The number of nitrogens with zero attached hydrogens (tertiary/aromatic N) is 4. The van der Waals surface area contributed by atoms with Gasteiger partial charge in [0.2, 0.25) is 11.8 Å². The van der Waals surface area contributed by atoms with Crippen LogP contribution >= 0.6 is 0 Å². The van der Waals surface area contributed by atoms with E-state index < -0.39 is 34.8 Å². The van der Waals surface area contributed by atoms with Crippen LogP contribution in [0.4, 0.5) is 27.8 Å². The molecule has 3 aromatic heterocycles. The first-order chi connectivity index (χ1) is 18.4. The molecule has 0 bridgehead atoms. The number of amides is 1. The van der Waals surface area contributed by atoms with Gasteiger partial charge in [0.1, 0.15) is 23.1 Å². The van der Waals surface area contributed by atoms with E-state index in [1.54, 1.807) is 24.8 Å². The van der Waals surface area contributed by atoms with Crippen molar-refractivity contribution in [1.82, 2.24) is 19.9 Å². The Morgan fingerprint density at radius 2 is 1.90 bits per heavy atom. The molecule has 1 saturated heterocycles. The third kappa shape index (κ3) is 4.99. The average Bonchev–Trinajstić information content (AvgIpc) is 3.30. The van der Waals surface area contributed by atoms with Gasteiger partial charge >= 0.3 is 6.18 Å². The molecule has 1 N–H and O–H groups in total. The zero-order valence-corrected chi connectivity index (χ0v) is 21.5. The molecule has 0 saturated carbocycles. The monoisotopic (exact) mass is 547 g/mol. The molecule has 39 heavy (non-hydrogen) atoms. The summed E-state index contributed by atoms with van der Waals surface area (Å²) in [6.07, 6.45) is -1.16. The summed E-state index contributed by atoms with van der Waals surface area (Å²) in [6, 6.07) is 3.57. The summed E-state index contributed by atoms with van der Waals surface area (Å²) < 4.78 is 72.9. The molecule has 2 aliphatic rings. The highest BCUT2D eigenvalue weighted by molar-refractivity contribution is 5.84. The number of alkyl halides is 3. The largest absolute Gasteiger partial charge is 0.481 e. The number of pyridine rings is 3. The molecule has 0 aliphatic carbocycles. The lowest BCUT2D eigenvalue weighted by atomic mass is 9.86. The summed E-state index contributed by atoms with van der Waals surface area (Å²) in [7, 11) is 1.42. The van der Waals surface area contributed by atoms with Crippen molar-refractivity contribution in [2.24, 2.45) is 0 Å². The van der Waals surface area contributed by atoms with Gasteiger partial charge in [0.25, 0.3) is 0 Å². The molecule has 1 amide bonds. The van der Waals surface area contributed by atoms with Crippen LogP contribution in [0.15, 0.2) is 30.6 Å². The van der Waals surface area contributed by atoms with Crippen LogP contribution in [0.25, 0.3) is 11.3 Å². The van der Waals surface area contributed by atoms with Crippen LogP contribution in [0.5, 0.6) is 5.88 Å². The third-order valence-electron chi connectivity index (χ3n) is 7.54. The van der Waals surface area contributed by atoms with E-state index in [4.69, 9.17) is 4.74 Å². The van der Waals surface area contributed by atoms with Gasteiger partial charge in [-0.2, -0.15) is 13.2 Å². The molecule has 0 radical (unpaired) electrons. The van der Waals surface area contributed by atoms with Gasteiger partial charge < -0.3 is 15.0 Å². The highest BCUT2D eigenvalue weighted by Gasteiger charge is 2.43. The Bertz CT molecular complexity index is 1450. The first-order valence-corrected chi connectivity index (χ1v) is 12.4. The Morgan fingerprint density at radius 1 is 1.13 bits per heavy atom. The summed E-state index contributed by atoms with van der Waals surface area (Å²) >= 11 is 0. The second-order valence-corrected chi connectivity index (χ2v) is 10.1. The van der Waals surface area contributed by atoms with Crippen LogP contribution in [0.1, 0.15) is 48.1 Å². The molecule has 206 valence electrons. The predicted octanol–water partition coefficient (Wildman–Crippen LogP) is 5.29.